The molecule has 56 heavy (non-hydrogen) atoms. The SMILES string of the molecule is CNCC(=O)NCC(O)CCc1ncc(-c2ccc(-c3ccc(-c4cnc(C5CCCN5C(=O)C(NC)C(C)C)[nH]4)c(OCCOC)c3OCCOC)cc2)[nH]1. The quantitative estimate of drug-likeness (QED) is 0.0639. The first-order valence-electron chi connectivity index (χ1n) is 19.4. The average Bonchev–Trinajstić information content (AvgIpc) is 3.99. The number of aryl methyl sites for hydroxylation is 1. The van der Waals surface area contributed by atoms with Crippen molar-refractivity contribution in [2.75, 3.05) is 74.4 Å². The molecule has 3 heterocycles. The first kappa shape index (κ1) is 42.3. The fourth-order valence-corrected chi connectivity index (χ4v) is 6.95. The Morgan fingerprint density at radius 1 is 0.893 bits per heavy atom. The van der Waals surface area contributed by atoms with Crippen molar-refractivity contribution in [3.05, 3.63) is 60.4 Å². The van der Waals surface area contributed by atoms with Crippen molar-refractivity contribution in [2.45, 2.75) is 57.7 Å². The molecule has 2 amide bonds. The smallest absolute Gasteiger partial charge is 0.240 e. The molecule has 0 spiro atoms. The molecule has 0 saturated carbocycles. The number of likely N-dealkylation sites (N-methyl/N-ethyl adjacent to an activating group) is 2. The summed E-state index contributed by atoms with van der Waals surface area (Å²) in [5.74, 6) is 2.68. The van der Waals surface area contributed by atoms with Gasteiger partial charge < -0.3 is 54.9 Å². The monoisotopic (exact) mass is 774 g/mol. The van der Waals surface area contributed by atoms with Gasteiger partial charge in [-0.25, -0.2) is 9.97 Å². The van der Waals surface area contributed by atoms with Crippen LogP contribution in [-0.2, 0) is 25.5 Å². The van der Waals surface area contributed by atoms with Crippen LogP contribution in [0.3, 0.4) is 0 Å². The topological polar surface area (TPSA) is 188 Å². The number of carbonyl (C=O) groups is 2. The highest BCUT2D eigenvalue weighted by molar-refractivity contribution is 5.84. The Kier molecular flexibility index (Phi) is 15.8. The fraction of sp³-hybridized carbons (Fsp3) is 0.512. The lowest BCUT2D eigenvalue weighted by Crippen LogP contribution is -2.47. The van der Waals surface area contributed by atoms with Crippen molar-refractivity contribution < 1.29 is 33.6 Å². The number of aliphatic hydroxyl groups excluding tert-OH is 1. The van der Waals surface area contributed by atoms with Crippen molar-refractivity contribution in [3.8, 4) is 45.1 Å². The predicted octanol–water partition coefficient (Wildman–Crippen LogP) is 3.72. The summed E-state index contributed by atoms with van der Waals surface area (Å²) < 4.78 is 23.5. The van der Waals surface area contributed by atoms with Gasteiger partial charge in [-0.2, -0.15) is 0 Å². The van der Waals surface area contributed by atoms with E-state index in [1.54, 1.807) is 33.7 Å². The van der Waals surface area contributed by atoms with E-state index in [2.05, 4.69) is 44.7 Å². The van der Waals surface area contributed by atoms with Gasteiger partial charge in [-0.1, -0.05) is 38.1 Å². The number of hydrogen-bond acceptors (Lipinski definition) is 11. The summed E-state index contributed by atoms with van der Waals surface area (Å²) in [7, 11) is 6.79. The maximum atomic E-state index is 13.6. The van der Waals surface area contributed by atoms with Crippen LogP contribution in [0.4, 0.5) is 0 Å². The molecular formula is C41H58N8O7. The van der Waals surface area contributed by atoms with E-state index >= 15 is 0 Å². The van der Waals surface area contributed by atoms with Crippen LogP contribution in [0, 0.1) is 5.92 Å². The number of nitrogens with zero attached hydrogens (tertiary/aromatic N) is 3. The molecule has 0 aliphatic carbocycles. The molecular weight excluding hydrogens is 716 g/mol. The Hall–Kier alpha value is -4.80. The molecule has 1 aliphatic rings. The van der Waals surface area contributed by atoms with E-state index < -0.39 is 6.10 Å². The standard InChI is InChI=1S/C41H58N8O7/c1-26(2)37(43-4)41(52)49-17-7-8-34(49)40-46-24-33(48-40)31-15-14-30(38(55-20-18-53-5)39(31)56-21-19-54-6)27-9-11-28(12-10-27)32-23-44-35(47-32)16-13-29(50)22-45-36(51)25-42-3/h9-12,14-15,23-24,26,29,34,37,42-43,50H,7-8,13,16-22,25H2,1-6H3,(H,44,47)(H,45,51)(H,46,48). The van der Waals surface area contributed by atoms with Gasteiger partial charge in [0.2, 0.25) is 11.8 Å². The third-order valence-corrected chi connectivity index (χ3v) is 9.88. The molecule has 3 atom stereocenters. The zero-order valence-corrected chi connectivity index (χ0v) is 33.4. The highest BCUT2D eigenvalue weighted by Crippen LogP contribution is 2.45. The van der Waals surface area contributed by atoms with Crippen LogP contribution in [0.1, 0.15) is 50.8 Å². The highest BCUT2D eigenvalue weighted by Gasteiger charge is 2.36. The lowest BCUT2D eigenvalue weighted by atomic mass is 9.98. The van der Waals surface area contributed by atoms with Gasteiger partial charge in [0, 0.05) is 44.9 Å². The summed E-state index contributed by atoms with van der Waals surface area (Å²) >= 11 is 0. The van der Waals surface area contributed by atoms with Gasteiger partial charge in [0.15, 0.2) is 11.5 Å². The van der Waals surface area contributed by atoms with E-state index in [0.717, 1.165) is 58.1 Å². The first-order valence-corrected chi connectivity index (χ1v) is 19.4. The minimum atomic E-state index is -0.677. The number of amides is 2. The predicted molar refractivity (Wildman–Crippen MR) is 214 cm³/mol. The number of hydrogen-bond donors (Lipinski definition) is 6. The third-order valence-electron chi connectivity index (χ3n) is 9.88. The minimum Gasteiger partial charge on any atom is -0.487 e. The number of aromatic amines is 2. The number of carbonyl (C=O) groups excluding carboxylic acids is 2. The van der Waals surface area contributed by atoms with Gasteiger partial charge in [0.1, 0.15) is 24.9 Å². The summed E-state index contributed by atoms with van der Waals surface area (Å²) in [4.78, 5) is 43.4. The number of likely N-dealkylation sites (tertiary alicyclic amines) is 1. The summed E-state index contributed by atoms with van der Waals surface area (Å²) in [5, 5.41) is 19.0. The Bertz CT molecular complexity index is 1840. The van der Waals surface area contributed by atoms with Crippen molar-refractivity contribution in [3.63, 3.8) is 0 Å². The lowest BCUT2D eigenvalue weighted by molar-refractivity contribution is -0.135. The number of benzene rings is 2. The number of rotatable bonds is 22. The van der Waals surface area contributed by atoms with Crippen LogP contribution in [0.2, 0.25) is 0 Å². The molecule has 6 N–H and O–H groups in total. The van der Waals surface area contributed by atoms with Gasteiger partial charge in [-0.3, -0.25) is 9.59 Å². The largest absolute Gasteiger partial charge is 0.487 e. The Balaban J connectivity index is 1.39. The summed E-state index contributed by atoms with van der Waals surface area (Å²) in [6.45, 7) is 6.54. The third kappa shape index (κ3) is 10.7. The molecule has 4 aromatic rings. The van der Waals surface area contributed by atoms with Crippen LogP contribution < -0.4 is 25.4 Å². The van der Waals surface area contributed by atoms with Gasteiger partial charge in [0.05, 0.1) is 61.7 Å². The van der Waals surface area contributed by atoms with Gasteiger partial charge in [-0.15, -0.1) is 0 Å². The summed E-state index contributed by atoms with van der Waals surface area (Å²) in [5.41, 5.74) is 5.07. The maximum absolute atomic E-state index is 13.6. The first-order chi connectivity index (χ1) is 27.2. The number of ether oxygens (including phenoxy) is 4. The molecule has 15 nitrogen and oxygen atoms in total. The second-order valence-corrected chi connectivity index (χ2v) is 14.2. The van der Waals surface area contributed by atoms with Crippen LogP contribution in [0.5, 0.6) is 11.5 Å². The number of imidazole rings is 2. The number of H-pyrrole nitrogens is 2. The number of aliphatic hydroxyl groups is 1. The molecule has 15 heteroatoms. The summed E-state index contributed by atoms with van der Waals surface area (Å²) in [6, 6.07) is 11.7. The normalized spacial score (nSPS) is 15.3. The van der Waals surface area contributed by atoms with Crippen LogP contribution in [0.25, 0.3) is 33.6 Å². The van der Waals surface area contributed by atoms with E-state index in [0.29, 0.717) is 57.3 Å². The van der Waals surface area contributed by atoms with E-state index in [4.69, 9.17) is 23.9 Å². The maximum Gasteiger partial charge on any atom is 0.240 e. The zero-order valence-electron chi connectivity index (χ0n) is 33.4. The Labute approximate surface area is 329 Å². The van der Waals surface area contributed by atoms with E-state index in [9.17, 15) is 14.7 Å². The van der Waals surface area contributed by atoms with Gasteiger partial charge in [-0.05, 0) is 62.5 Å². The molecule has 304 valence electrons. The van der Waals surface area contributed by atoms with E-state index in [-0.39, 0.29) is 42.9 Å². The van der Waals surface area contributed by atoms with Gasteiger partial charge in [0.25, 0.3) is 0 Å². The molecule has 2 aromatic heterocycles. The lowest BCUT2D eigenvalue weighted by Gasteiger charge is -2.29. The van der Waals surface area contributed by atoms with Gasteiger partial charge >= 0.3 is 0 Å². The Morgan fingerprint density at radius 2 is 1.55 bits per heavy atom. The van der Waals surface area contributed by atoms with Crippen molar-refractivity contribution in [1.29, 1.82) is 0 Å². The highest BCUT2D eigenvalue weighted by atomic mass is 16.5. The molecule has 5 rings (SSSR count). The summed E-state index contributed by atoms with van der Waals surface area (Å²) in [6.07, 6.45) is 5.62. The molecule has 1 fully saturated rings. The van der Waals surface area contributed by atoms with E-state index in [1.165, 1.54) is 0 Å². The van der Waals surface area contributed by atoms with Crippen LogP contribution >= 0.6 is 0 Å². The second-order valence-electron chi connectivity index (χ2n) is 14.2. The molecule has 1 aliphatic heterocycles. The van der Waals surface area contributed by atoms with Crippen molar-refractivity contribution in [2.24, 2.45) is 5.92 Å². The fourth-order valence-electron chi connectivity index (χ4n) is 6.95. The second kappa shape index (κ2) is 20.9. The van der Waals surface area contributed by atoms with Crippen molar-refractivity contribution in [1.82, 2.24) is 40.8 Å². The molecule has 0 radical (unpaired) electrons. The number of aromatic nitrogens is 4. The average molecular weight is 775 g/mol. The molecule has 2 aromatic carbocycles. The molecule has 3 unspecified atom stereocenters. The molecule has 1 saturated heterocycles. The zero-order chi connectivity index (χ0) is 40.0. The van der Waals surface area contributed by atoms with E-state index in [1.807, 2.05) is 48.3 Å². The molecule has 0 bridgehead atoms. The Morgan fingerprint density at radius 3 is 2.21 bits per heavy atom. The van der Waals surface area contributed by atoms with Crippen molar-refractivity contribution >= 4 is 11.8 Å². The number of methoxy groups -OCH3 is 2. The van der Waals surface area contributed by atoms with Crippen LogP contribution in [0.15, 0.2) is 48.8 Å². The van der Waals surface area contributed by atoms with Crippen LogP contribution in [-0.4, -0.2) is 128 Å². The number of nitrogens with one attached hydrogen (secondary N) is 5. The minimum absolute atomic E-state index is 0.0859.